The Morgan fingerprint density at radius 2 is 2.10 bits per heavy atom. The molecule has 0 fully saturated rings. The predicted molar refractivity (Wildman–Crippen MR) is 76.9 cm³/mol. The second kappa shape index (κ2) is 7.86. The molecule has 1 aromatic rings. The van der Waals surface area contributed by atoms with E-state index in [9.17, 15) is 14.7 Å². The number of urea groups is 1. The van der Waals surface area contributed by atoms with Crippen LogP contribution in [0.15, 0.2) is 17.5 Å². The summed E-state index contributed by atoms with van der Waals surface area (Å²) in [5, 5.41) is 16.1. The SMILES string of the molecule is COCC(NC(=O)NC(C(=O)O)c1cccs1)C(C)C. The molecule has 3 N–H and O–H groups in total. The van der Waals surface area contributed by atoms with Gasteiger partial charge in [0, 0.05) is 12.0 Å². The number of methoxy groups -OCH3 is 1. The van der Waals surface area contributed by atoms with Gasteiger partial charge in [0.1, 0.15) is 0 Å². The second-order valence-electron chi connectivity index (χ2n) is 4.71. The molecule has 2 amide bonds. The largest absolute Gasteiger partial charge is 0.479 e. The fraction of sp³-hybridized carbons (Fsp3) is 0.538. The van der Waals surface area contributed by atoms with E-state index < -0.39 is 18.0 Å². The average Bonchev–Trinajstić information content (AvgIpc) is 2.88. The molecule has 0 aromatic carbocycles. The minimum atomic E-state index is -1.09. The summed E-state index contributed by atoms with van der Waals surface area (Å²) in [7, 11) is 1.56. The van der Waals surface area contributed by atoms with Crippen LogP contribution in [0.1, 0.15) is 24.8 Å². The van der Waals surface area contributed by atoms with Crippen LogP contribution in [0.3, 0.4) is 0 Å². The Morgan fingerprint density at radius 1 is 1.40 bits per heavy atom. The molecule has 0 radical (unpaired) electrons. The Hall–Kier alpha value is -1.60. The highest BCUT2D eigenvalue weighted by Crippen LogP contribution is 2.19. The van der Waals surface area contributed by atoms with Gasteiger partial charge in [0.15, 0.2) is 6.04 Å². The number of aliphatic carboxylic acids is 1. The predicted octanol–water partition coefficient (Wildman–Crippen LogP) is 1.84. The molecule has 2 atom stereocenters. The summed E-state index contributed by atoms with van der Waals surface area (Å²) in [5.41, 5.74) is 0. The maximum absolute atomic E-state index is 11.9. The van der Waals surface area contributed by atoms with E-state index in [-0.39, 0.29) is 12.0 Å². The van der Waals surface area contributed by atoms with Gasteiger partial charge < -0.3 is 20.5 Å². The van der Waals surface area contributed by atoms with Crippen LogP contribution in [-0.2, 0) is 9.53 Å². The van der Waals surface area contributed by atoms with E-state index in [0.717, 1.165) is 0 Å². The van der Waals surface area contributed by atoms with Gasteiger partial charge >= 0.3 is 12.0 Å². The molecule has 0 aliphatic heterocycles. The van der Waals surface area contributed by atoms with E-state index in [0.29, 0.717) is 11.5 Å². The molecule has 0 saturated heterocycles. The Labute approximate surface area is 122 Å². The number of carboxylic acid groups (broad SMARTS) is 1. The topological polar surface area (TPSA) is 87.7 Å². The van der Waals surface area contributed by atoms with Gasteiger partial charge in [-0.05, 0) is 17.4 Å². The van der Waals surface area contributed by atoms with Crippen LogP contribution in [0.4, 0.5) is 4.79 Å². The number of amides is 2. The zero-order chi connectivity index (χ0) is 15.1. The lowest BCUT2D eigenvalue weighted by atomic mass is 10.1. The molecule has 7 heteroatoms. The molecule has 0 bridgehead atoms. The summed E-state index contributed by atoms with van der Waals surface area (Å²) in [6, 6.07) is 1.71. The number of ether oxygens (including phenoxy) is 1. The third kappa shape index (κ3) is 4.82. The number of carboxylic acids is 1. The van der Waals surface area contributed by atoms with E-state index in [1.807, 2.05) is 13.8 Å². The van der Waals surface area contributed by atoms with E-state index in [1.54, 1.807) is 24.6 Å². The minimum absolute atomic E-state index is 0.169. The van der Waals surface area contributed by atoms with Crippen LogP contribution in [-0.4, -0.2) is 36.9 Å². The summed E-state index contributed by atoms with van der Waals surface area (Å²) in [5.74, 6) is -0.902. The highest BCUT2D eigenvalue weighted by Gasteiger charge is 2.24. The van der Waals surface area contributed by atoms with E-state index in [4.69, 9.17) is 4.74 Å². The Kier molecular flexibility index (Phi) is 6.47. The van der Waals surface area contributed by atoms with Crippen molar-refractivity contribution in [3.05, 3.63) is 22.4 Å². The van der Waals surface area contributed by atoms with Crippen LogP contribution >= 0.6 is 11.3 Å². The van der Waals surface area contributed by atoms with Gasteiger partial charge in [-0.15, -0.1) is 11.3 Å². The molecule has 20 heavy (non-hydrogen) atoms. The Balaban J connectivity index is 2.65. The average molecular weight is 300 g/mol. The molecular weight excluding hydrogens is 280 g/mol. The van der Waals surface area contributed by atoms with Gasteiger partial charge in [0.25, 0.3) is 0 Å². The van der Waals surface area contributed by atoms with Crippen molar-refractivity contribution in [2.45, 2.75) is 25.9 Å². The fourth-order valence-corrected chi connectivity index (χ4v) is 2.40. The maximum atomic E-state index is 11.9. The molecule has 2 unspecified atom stereocenters. The monoisotopic (exact) mass is 300 g/mol. The lowest BCUT2D eigenvalue weighted by Crippen LogP contribution is -2.48. The molecule has 1 aromatic heterocycles. The van der Waals surface area contributed by atoms with Gasteiger partial charge in [-0.3, -0.25) is 0 Å². The van der Waals surface area contributed by atoms with Gasteiger partial charge in [-0.2, -0.15) is 0 Å². The maximum Gasteiger partial charge on any atom is 0.331 e. The highest BCUT2D eigenvalue weighted by molar-refractivity contribution is 7.10. The Bertz CT molecular complexity index is 434. The first kappa shape index (κ1) is 16.5. The normalized spacial score (nSPS) is 13.8. The van der Waals surface area contributed by atoms with Crippen molar-refractivity contribution in [2.24, 2.45) is 5.92 Å². The lowest BCUT2D eigenvalue weighted by Gasteiger charge is -2.23. The second-order valence-corrected chi connectivity index (χ2v) is 5.69. The van der Waals surface area contributed by atoms with Crippen molar-refractivity contribution in [3.63, 3.8) is 0 Å². The van der Waals surface area contributed by atoms with Gasteiger partial charge in [0.05, 0.1) is 12.6 Å². The van der Waals surface area contributed by atoms with Crippen molar-refractivity contribution in [1.29, 1.82) is 0 Å². The molecule has 1 heterocycles. The van der Waals surface area contributed by atoms with E-state index >= 15 is 0 Å². The van der Waals surface area contributed by atoms with Crippen LogP contribution in [0.25, 0.3) is 0 Å². The highest BCUT2D eigenvalue weighted by atomic mass is 32.1. The van der Waals surface area contributed by atoms with Gasteiger partial charge in [0.2, 0.25) is 0 Å². The van der Waals surface area contributed by atoms with Crippen LogP contribution in [0.5, 0.6) is 0 Å². The summed E-state index contributed by atoms with van der Waals surface area (Å²) in [6.07, 6.45) is 0. The molecule has 0 aliphatic carbocycles. The molecule has 1 rings (SSSR count). The number of carbonyl (C=O) groups excluding carboxylic acids is 1. The first-order valence-electron chi connectivity index (χ1n) is 6.27. The van der Waals surface area contributed by atoms with Crippen molar-refractivity contribution in [1.82, 2.24) is 10.6 Å². The molecule has 112 valence electrons. The third-order valence-electron chi connectivity index (χ3n) is 2.82. The molecule has 0 saturated carbocycles. The first-order valence-corrected chi connectivity index (χ1v) is 7.15. The summed E-state index contributed by atoms with van der Waals surface area (Å²) in [6.45, 7) is 4.29. The number of nitrogens with one attached hydrogen (secondary N) is 2. The molecule has 0 aliphatic rings. The zero-order valence-corrected chi connectivity index (χ0v) is 12.6. The number of hydrogen-bond donors (Lipinski definition) is 3. The number of carbonyl (C=O) groups is 2. The van der Waals surface area contributed by atoms with E-state index in [2.05, 4.69) is 10.6 Å². The summed E-state index contributed by atoms with van der Waals surface area (Å²) < 4.78 is 5.03. The standard InChI is InChI=1S/C13H20N2O4S/c1-8(2)9(7-19-3)14-13(18)15-11(12(16)17)10-5-4-6-20-10/h4-6,8-9,11H,7H2,1-3H3,(H,16,17)(H2,14,15,18). The fourth-order valence-electron chi connectivity index (χ4n) is 1.63. The van der Waals surface area contributed by atoms with Crippen LogP contribution < -0.4 is 10.6 Å². The van der Waals surface area contributed by atoms with Crippen molar-refractivity contribution in [3.8, 4) is 0 Å². The minimum Gasteiger partial charge on any atom is -0.479 e. The first-order chi connectivity index (χ1) is 9.45. The molecule has 0 spiro atoms. The van der Waals surface area contributed by atoms with Gasteiger partial charge in [-0.25, -0.2) is 9.59 Å². The molecule has 6 nitrogen and oxygen atoms in total. The quantitative estimate of drug-likeness (QED) is 0.717. The summed E-state index contributed by atoms with van der Waals surface area (Å²) >= 11 is 1.29. The van der Waals surface area contributed by atoms with Crippen molar-refractivity contribution in [2.75, 3.05) is 13.7 Å². The Morgan fingerprint density at radius 3 is 2.55 bits per heavy atom. The number of hydrogen-bond acceptors (Lipinski definition) is 4. The van der Waals surface area contributed by atoms with Crippen LogP contribution in [0, 0.1) is 5.92 Å². The zero-order valence-electron chi connectivity index (χ0n) is 11.8. The molecular formula is C13H20N2O4S. The smallest absolute Gasteiger partial charge is 0.331 e. The lowest BCUT2D eigenvalue weighted by molar-refractivity contribution is -0.139. The number of rotatable bonds is 7. The summed E-state index contributed by atoms with van der Waals surface area (Å²) in [4.78, 5) is 23.7. The van der Waals surface area contributed by atoms with Crippen molar-refractivity contribution >= 4 is 23.3 Å². The third-order valence-corrected chi connectivity index (χ3v) is 3.75. The number of thiophene rings is 1. The van der Waals surface area contributed by atoms with Crippen molar-refractivity contribution < 1.29 is 19.4 Å². The van der Waals surface area contributed by atoms with E-state index in [1.165, 1.54) is 11.3 Å². The van der Waals surface area contributed by atoms with Gasteiger partial charge in [-0.1, -0.05) is 19.9 Å². The van der Waals surface area contributed by atoms with Crippen LogP contribution in [0.2, 0.25) is 0 Å².